The number of hydrogen-bond acceptors (Lipinski definition) is 3. The van der Waals surface area contributed by atoms with E-state index in [0.717, 1.165) is 19.3 Å². The van der Waals surface area contributed by atoms with E-state index < -0.39 is 11.4 Å². The molecule has 1 heterocycles. The molecule has 1 atom stereocenters. The Balaban J connectivity index is 1.98. The second-order valence-corrected chi connectivity index (χ2v) is 5.87. The summed E-state index contributed by atoms with van der Waals surface area (Å²) in [7, 11) is 1.64. The molecular weight excluding hydrogens is 234 g/mol. The van der Waals surface area contributed by atoms with Crippen LogP contribution in [0.3, 0.4) is 0 Å². The van der Waals surface area contributed by atoms with E-state index >= 15 is 0 Å². The molecule has 102 valence electrons. The van der Waals surface area contributed by atoms with Crippen molar-refractivity contribution in [3.63, 3.8) is 0 Å². The summed E-state index contributed by atoms with van der Waals surface area (Å²) in [6.45, 7) is 3.22. The highest BCUT2D eigenvalue weighted by atomic mass is 16.5. The Kier molecular flexibility index (Phi) is 3.36. The van der Waals surface area contributed by atoms with Crippen LogP contribution in [-0.4, -0.2) is 48.7 Å². The SMILES string of the molecule is COCCC1(C(=O)N2CCC(C)(C(=O)O)C2)CC1. The fourth-order valence-corrected chi connectivity index (χ4v) is 2.66. The molecule has 2 fully saturated rings. The summed E-state index contributed by atoms with van der Waals surface area (Å²) >= 11 is 0. The highest BCUT2D eigenvalue weighted by Gasteiger charge is 2.53. The third-order valence-corrected chi connectivity index (χ3v) is 4.37. The molecule has 1 unspecified atom stereocenters. The summed E-state index contributed by atoms with van der Waals surface area (Å²) < 4.78 is 5.04. The summed E-state index contributed by atoms with van der Waals surface area (Å²) in [4.78, 5) is 25.3. The lowest BCUT2D eigenvalue weighted by Gasteiger charge is -2.24. The smallest absolute Gasteiger partial charge is 0.311 e. The van der Waals surface area contributed by atoms with Gasteiger partial charge in [0.2, 0.25) is 5.91 Å². The summed E-state index contributed by atoms with van der Waals surface area (Å²) in [5.74, 6) is -0.677. The quantitative estimate of drug-likeness (QED) is 0.799. The number of carbonyl (C=O) groups excluding carboxylic acids is 1. The normalized spacial score (nSPS) is 29.3. The number of carboxylic acids is 1. The van der Waals surface area contributed by atoms with E-state index in [-0.39, 0.29) is 11.3 Å². The molecule has 1 amide bonds. The van der Waals surface area contributed by atoms with E-state index in [1.165, 1.54) is 0 Å². The molecular formula is C13H21NO4. The van der Waals surface area contributed by atoms with Crippen molar-refractivity contribution in [2.24, 2.45) is 10.8 Å². The highest BCUT2D eigenvalue weighted by Crippen LogP contribution is 2.51. The highest BCUT2D eigenvalue weighted by molar-refractivity contribution is 5.87. The average Bonchev–Trinajstić information content (AvgIpc) is 3.02. The lowest BCUT2D eigenvalue weighted by Crippen LogP contribution is -2.39. The van der Waals surface area contributed by atoms with Gasteiger partial charge < -0.3 is 14.7 Å². The molecule has 1 saturated heterocycles. The van der Waals surface area contributed by atoms with Gasteiger partial charge in [-0.1, -0.05) is 0 Å². The maximum Gasteiger partial charge on any atom is 0.311 e. The van der Waals surface area contributed by atoms with Crippen LogP contribution in [0.1, 0.15) is 32.6 Å². The number of nitrogens with zero attached hydrogens (tertiary/aromatic N) is 1. The van der Waals surface area contributed by atoms with Crippen LogP contribution < -0.4 is 0 Å². The molecule has 1 aliphatic heterocycles. The van der Waals surface area contributed by atoms with Crippen LogP contribution in [0.4, 0.5) is 0 Å². The van der Waals surface area contributed by atoms with Gasteiger partial charge in [-0.05, 0) is 32.6 Å². The van der Waals surface area contributed by atoms with Crippen LogP contribution in [0.25, 0.3) is 0 Å². The van der Waals surface area contributed by atoms with Gasteiger partial charge in [0.15, 0.2) is 0 Å². The van der Waals surface area contributed by atoms with Crippen molar-refractivity contribution in [1.82, 2.24) is 4.90 Å². The molecule has 1 aliphatic carbocycles. The van der Waals surface area contributed by atoms with E-state index in [4.69, 9.17) is 4.74 Å². The summed E-state index contributed by atoms with van der Waals surface area (Å²) in [5.41, 5.74) is -1.02. The van der Waals surface area contributed by atoms with E-state index in [1.54, 1.807) is 18.9 Å². The van der Waals surface area contributed by atoms with E-state index in [1.807, 2.05) is 0 Å². The van der Waals surface area contributed by atoms with Gasteiger partial charge in [0.05, 0.1) is 10.8 Å². The minimum atomic E-state index is -0.806. The Morgan fingerprint density at radius 3 is 2.44 bits per heavy atom. The van der Waals surface area contributed by atoms with Gasteiger partial charge in [0, 0.05) is 26.8 Å². The minimum absolute atomic E-state index is 0.129. The Morgan fingerprint density at radius 1 is 1.33 bits per heavy atom. The van der Waals surface area contributed by atoms with Gasteiger partial charge in [-0.3, -0.25) is 9.59 Å². The molecule has 1 N–H and O–H groups in total. The molecule has 5 nitrogen and oxygen atoms in total. The summed E-state index contributed by atoms with van der Waals surface area (Å²) in [5, 5.41) is 9.17. The number of hydrogen-bond donors (Lipinski definition) is 1. The zero-order chi connectivity index (χ0) is 13.4. The first kappa shape index (κ1) is 13.3. The van der Waals surface area contributed by atoms with Gasteiger partial charge in [0.25, 0.3) is 0 Å². The van der Waals surface area contributed by atoms with Crippen molar-refractivity contribution in [3.8, 4) is 0 Å². The van der Waals surface area contributed by atoms with Crippen LogP contribution in [0.5, 0.6) is 0 Å². The number of likely N-dealkylation sites (tertiary alicyclic amines) is 1. The topological polar surface area (TPSA) is 66.8 Å². The van der Waals surface area contributed by atoms with Crippen LogP contribution in [-0.2, 0) is 14.3 Å². The van der Waals surface area contributed by atoms with Crippen molar-refractivity contribution in [2.45, 2.75) is 32.6 Å². The molecule has 0 aromatic rings. The van der Waals surface area contributed by atoms with Crippen molar-refractivity contribution in [3.05, 3.63) is 0 Å². The molecule has 0 radical (unpaired) electrons. The predicted octanol–water partition coefficient (Wildman–Crippen LogP) is 1.13. The fraction of sp³-hybridized carbons (Fsp3) is 0.846. The lowest BCUT2D eigenvalue weighted by molar-refractivity contribution is -0.147. The first-order chi connectivity index (χ1) is 8.43. The Bertz CT molecular complexity index is 364. The number of methoxy groups -OCH3 is 1. The number of carbonyl (C=O) groups is 2. The maximum atomic E-state index is 12.4. The number of rotatable bonds is 5. The first-order valence-corrected chi connectivity index (χ1v) is 6.45. The Hall–Kier alpha value is -1.10. The van der Waals surface area contributed by atoms with Gasteiger partial charge in [-0.25, -0.2) is 0 Å². The van der Waals surface area contributed by atoms with Gasteiger partial charge in [-0.15, -0.1) is 0 Å². The monoisotopic (exact) mass is 255 g/mol. The number of amides is 1. The van der Waals surface area contributed by atoms with Crippen LogP contribution >= 0.6 is 0 Å². The Labute approximate surface area is 107 Å². The molecule has 1 saturated carbocycles. The van der Waals surface area contributed by atoms with Gasteiger partial charge in [-0.2, -0.15) is 0 Å². The third kappa shape index (κ3) is 2.23. The van der Waals surface area contributed by atoms with Crippen LogP contribution in [0.15, 0.2) is 0 Å². The van der Waals surface area contributed by atoms with E-state index in [2.05, 4.69) is 0 Å². The van der Waals surface area contributed by atoms with Crippen molar-refractivity contribution >= 4 is 11.9 Å². The van der Waals surface area contributed by atoms with Crippen LogP contribution in [0, 0.1) is 10.8 Å². The van der Waals surface area contributed by atoms with Crippen molar-refractivity contribution in [2.75, 3.05) is 26.8 Å². The van der Waals surface area contributed by atoms with Crippen LogP contribution in [0.2, 0.25) is 0 Å². The third-order valence-electron chi connectivity index (χ3n) is 4.37. The minimum Gasteiger partial charge on any atom is -0.481 e. The number of carboxylic acid groups (broad SMARTS) is 1. The standard InChI is InChI=1S/C13H21NO4/c1-12(11(16)17)5-7-14(9-12)10(15)13(3-4-13)6-8-18-2/h3-9H2,1-2H3,(H,16,17). The Morgan fingerprint density at radius 2 is 2.00 bits per heavy atom. The average molecular weight is 255 g/mol. The molecule has 18 heavy (non-hydrogen) atoms. The molecule has 0 bridgehead atoms. The van der Waals surface area contributed by atoms with Crippen molar-refractivity contribution in [1.29, 1.82) is 0 Å². The second-order valence-electron chi connectivity index (χ2n) is 5.87. The summed E-state index contributed by atoms with van der Waals surface area (Å²) in [6, 6.07) is 0. The zero-order valence-electron chi connectivity index (χ0n) is 11.1. The molecule has 5 heteroatoms. The van der Waals surface area contributed by atoms with E-state index in [0.29, 0.717) is 26.1 Å². The molecule has 0 aromatic heterocycles. The molecule has 2 aliphatic rings. The van der Waals surface area contributed by atoms with Crippen molar-refractivity contribution < 1.29 is 19.4 Å². The van der Waals surface area contributed by atoms with Gasteiger partial charge in [0.1, 0.15) is 0 Å². The molecule has 0 aromatic carbocycles. The fourth-order valence-electron chi connectivity index (χ4n) is 2.66. The summed E-state index contributed by atoms with van der Waals surface area (Å²) in [6.07, 6.45) is 3.13. The van der Waals surface area contributed by atoms with E-state index in [9.17, 15) is 14.7 Å². The zero-order valence-corrected chi connectivity index (χ0v) is 11.1. The largest absolute Gasteiger partial charge is 0.481 e. The number of ether oxygens (including phenoxy) is 1. The maximum absolute atomic E-state index is 12.4. The second kappa shape index (κ2) is 4.53. The predicted molar refractivity (Wildman–Crippen MR) is 65.1 cm³/mol. The number of aliphatic carboxylic acids is 1. The molecule has 2 rings (SSSR count). The lowest BCUT2D eigenvalue weighted by atomic mass is 9.90. The first-order valence-electron chi connectivity index (χ1n) is 6.45. The van der Waals surface area contributed by atoms with Gasteiger partial charge >= 0.3 is 5.97 Å². The molecule has 0 spiro atoms.